The lowest BCUT2D eigenvalue weighted by Crippen LogP contribution is -2.43. The van der Waals surface area contributed by atoms with Crippen molar-refractivity contribution in [3.05, 3.63) is 17.0 Å². The largest absolute Gasteiger partial charge is 0.329 e. The average Bonchev–Trinajstić information content (AvgIpc) is 2.74. The molecular weight excluding hydrogens is 256 g/mol. The summed E-state index contributed by atoms with van der Waals surface area (Å²) in [6.45, 7) is 6.22. The molecule has 1 rings (SSSR count). The van der Waals surface area contributed by atoms with Crippen molar-refractivity contribution < 1.29 is 8.42 Å². The van der Waals surface area contributed by atoms with E-state index >= 15 is 0 Å². The fourth-order valence-corrected chi connectivity index (χ4v) is 4.12. The molecular formula is C11H20N2O2S2. The lowest BCUT2D eigenvalue weighted by Gasteiger charge is -2.19. The van der Waals surface area contributed by atoms with Gasteiger partial charge in [0.05, 0.1) is 0 Å². The summed E-state index contributed by atoms with van der Waals surface area (Å²) in [5, 5.41) is 0. The monoisotopic (exact) mass is 276 g/mol. The zero-order valence-corrected chi connectivity index (χ0v) is 12.1. The molecule has 3 N–H and O–H groups in total. The Morgan fingerprint density at radius 3 is 2.47 bits per heavy atom. The van der Waals surface area contributed by atoms with Crippen LogP contribution in [0.2, 0.25) is 0 Å². The van der Waals surface area contributed by atoms with Crippen molar-refractivity contribution in [2.75, 3.05) is 6.54 Å². The van der Waals surface area contributed by atoms with Gasteiger partial charge in [-0.25, -0.2) is 13.1 Å². The molecule has 0 amide bonds. The van der Waals surface area contributed by atoms with E-state index < -0.39 is 10.0 Å². The van der Waals surface area contributed by atoms with E-state index in [1.807, 2.05) is 26.8 Å². The summed E-state index contributed by atoms with van der Waals surface area (Å²) in [7, 11) is -3.42. The molecule has 0 aromatic carbocycles. The highest BCUT2D eigenvalue weighted by atomic mass is 32.2. The summed E-state index contributed by atoms with van der Waals surface area (Å²) in [5.41, 5.74) is 5.57. The molecule has 98 valence electrons. The molecule has 0 radical (unpaired) electrons. The van der Waals surface area contributed by atoms with Crippen molar-refractivity contribution in [2.24, 2.45) is 11.7 Å². The van der Waals surface area contributed by atoms with Gasteiger partial charge in [0, 0.05) is 17.5 Å². The maximum atomic E-state index is 12.1. The van der Waals surface area contributed by atoms with Gasteiger partial charge in [0.2, 0.25) is 10.0 Å². The quantitative estimate of drug-likeness (QED) is 0.828. The van der Waals surface area contributed by atoms with Gasteiger partial charge >= 0.3 is 0 Å². The van der Waals surface area contributed by atoms with Gasteiger partial charge in [-0.15, -0.1) is 11.3 Å². The smallest absolute Gasteiger partial charge is 0.250 e. The molecule has 17 heavy (non-hydrogen) atoms. The van der Waals surface area contributed by atoms with E-state index in [-0.39, 0.29) is 12.0 Å². The maximum absolute atomic E-state index is 12.1. The van der Waals surface area contributed by atoms with E-state index in [1.165, 1.54) is 11.3 Å². The predicted molar refractivity (Wildman–Crippen MR) is 71.7 cm³/mol. The molecule has 1 atom stereocenters. The SMILES string of the molecule is CCc1ccc(S(=O)(=O)NC(CN)C(C)C)s1. The van der Waals surface area contributed by atoms with Crippen LogP contribution < -0.4 is 10.5 Å². The molecule has 0 spiro atoms. The van der Waals surface area contributed by atoms with E-state index in [9.17, 15) is 8.42 Å². The number of thiophene rings is 1. The van der Waals surface area contributed by atoms with Gasteiger partial charge in [-0.05, 0) is 24.5 Å². The van der Waals surface area contributed by atoms with E-state index in [4.69, 9.17) is 5.73 Å². The predicted octanol–water partition coefficient (Wildman–Crippen LogP) is 1.57. The van der Waals surface area contributed by atoms with Gasteiger partial charge < -0.3 is 5.73 Å². The molecule has 0 bridgehead atoms. The van der Waals surface area contributed by atoms with Crippen LogP contribution in [-0.4, -0.2) is 21.0 Å². The van der Waals surface area contributed by atoms with Crippen molar-refractivity contribution in [2.45, 2.75) is 37.4 Å². The van der Waals surface area contributed by atoms with Gasteiger partial charge in [0.15, 0.2) is 0 Å². The van der Waals surface area contributed by atoms with Crippen molar-refractivity contribution in [1.29, 1.82) is 0 Å². The van der Waals surface area contributed by atoms with Crippen LogP contribution in [0.3, 0.4) is 0 Å². The Balaban J connectivity index is 2.88. The molecule has 0 saturated heterocycles. The van der Waals surface area contributed by atoms with Crippen LogP contribution in [-0.2, 0) is 16.4 Å². The molecule has 0 saturated carbocycles. The minimum absolute atomic E-state index is 0.181. The third-order valence-electron chi connectivity index (χ3n) is 2.62. The molecule has 1 aromatic rings. The van der Waals surface area contributed by atoms with Crippen LogP contribution in [0.5, 0.6) is 0 Å². The number of hydrogen-bond donors (Lipinski definition) is 2. The van der Waals surface area contributed by atoms with Crippen LogP contribution in [0.1, 0.15) is 25.6 Å². The number of sulfonamides is 1. The summed E-state index contributed by atoms with van der Waals surface area (Å²) in [5.74, 6) is 0.181. The third-order valence-corrected chi connectivity index (χ3v) is 5.83. The molecule has 0 aliphatic heterocycles. The second-order valence-corrected chi connectivity index (χ2v) is 7.39. The molecule has 0 aliphatic rings. The van der Waals surface area contributed by atoms with Crippen molar-refractivity contribution in [1.82, 2.24) is 4.72 Å². The van der Waals surface area contributed by atoms with Crippen LogP contribution in [0.25, 0.3) is 0 Å². The average molecular weight is 276 g/mol. The second kappa shape index (κ2) is 5.95. The highest BCUT2D eigenvalue weighted by Gasteiger charge is 2.22. The maximum Gasteiger partial charge on any atom is 0.250 e. The second-order valence-electron chi connectivity index (χ2n) is 4.28. The first-order valence-electron chi connectivity index (χ1n) is 5.71. The number of rotatable bonds is 6. The third kappa shape index (κ3) is 3.77. The van der Waals surface area contributed by atoms with Crippen LogP contribution in [0.4, 0.5) is 0 Å². The Kier molecular flexibility index (Phi) is 5.12. The summed E-state index contributed by atoms with van der Waals surface area (Å²) >= 11 is 1.31. The molecule has 0 fully saturated rings. The normalized spacial score (nSPS) is 14.2. The highest BCUT2D eigenvalue weighted by Crippen LogP contribution is 2.22. The van der Waals surface area contributed by atoms with Gasteiger partial charge in [-0.1, -0.05) is 20.8 Å². The summed E-state index contributed by atoms with van der Waals surface area (Å²) < 4.78 is 27.2. The van der Waals surface area contributed by atoms with Gasteiger partial charge in [-0.3, -0.25) is 0 Å². The van der Waals surface area contributed by atoms with E-state index in [0.717, 1.165) is 11.3 Å². The molecule has 1 aromatic heterocycles. The minimum Gasteiger partial charge on any atom is -0.329 e. The van der Waals surface area contributed by atoms with E-state index in [1.54, 1.807) is 6.07 Å². The molecule has 1 heterocycles. The van der Waals surface area contributed by atoms with Crippen LogP contribution in [0.15, 0.2) is 16.3 Å². The van der Waals surface area contributed by atoms with Gasteiger partial charge in [-0.2, -0.15) is 0 Å². The van der Waals surface area contributed by atoms with E-state index in [2.05, 4.69) is 4.72 Å². The summed E-state index contributed by atoms with van der Waals surface area (Å²) in [6, 6.07) is 3.29. The fraction of sp³-hybridized carbons (Fsp3) is 0.636. The zero-order valence-electron chi connectivity index (χ0n) is 10.4. The van der Waals surface area contributed by atoms with Crippen molar-refractivity contribution in [3.8, 4) is 0 Å². The molecule has 1 unspecified atom stereocenters. The van der Waals surface area contributed by atoms with Crippen molar-refractivity contribution >= 4 is 21.4 Å². The number of nitrogens with two attached hydrogens (primary N) is 1. The topological polar surface area (TPSA) is 72.2 Å². The lowest BCUT2D eigenvalue weighted by molar-refractivity contribution is 0.455. The van der Waals surface area contributed by atoms with Crippen LogP contribution >= 0.6 is 11.3 Å². The first kappa shape index (κ1) is 14.6. The molecule has 6 heteroatoms. The fourth-order valence-electron chi connectivity index (χ4n) is 1.41. The number of hydrogen-bond acceptors (Lipinski definition) is 4. The first-order chi connectivity index (χ1) is 7.90. The standard InChI is InChI=1S/C11H20N2O2S2/c1-4-9-5-6-11(16-9)17(14,15)13-10(7-12)8(2)3/h5-6,8,10,13H,4,7,12H2,1-3H3. The minimum atomic E-state index is -3.42. The molecule has 4 nitrogen and oxygen atoms in total. The summed E-state index contributed by atoms with van der Waals surface area (Å²) in [6.07, 6.45) is 0.852. The Morgan fingerprint density at radius 2 is 2.06 bits per heavy atom. The first-order valence-corrected chi connectivity index (χ1v) is 8.01. The Bertz CT molecular complexity index is 452. The lowest BCUT2D eigenvalue weighted by atomic mass is 10.1. The van der Waals surface area contributed by atoms with Gasteiger partial charge in [0.1, 0.15) is 4.21 Å². The highest BCUT2D eigenvalue weighted by molar-refractivity contribution is 7.91. The van der Waals surface area contributed by atoms with Crippen molar-refractivity contribution in [3.63, 3.8) is 0 Å². The number of aryl methyl sites for hydroxylation is 1. The Labute approximate surface area is 107 Å². The van der Waals surface area contributed by atoms with Crippen LogP contribution in [0, 0.1) is 5.92 Å². The van der Waals surface area contributed by atoms with E-state index in [0.29, 0.717) is 10.8 Å². The zero-order chi connectivity index (χ0) is 13.1. The molecule has 0 aliphatic carbocycles. The number of nitrogens with one attached hydrogen (secondary N) is 1. The Hall–Kier alpha value is -0.430. The summed E-state index contributed by atoms with van der Waals surface area (Å²) in [4.78, 5) is 1.07. The Morgan fingerprint density at radius 1 is 1.41 bits per heavy atom. The van der Waals surface area contributed by atoms with Gasteiger partial charge in [0.25, 0.3) is 0 Å².